The molecule has 2 aliphatic rings. The maximum Gasteiger partial charge on any atom is 0.173 e. The highest BCUT2D eigenvalue weighted by atomic mass is 35.5. The summed E-state index contributed by atoms with van der Waals surface area (Å²) in [5.41, 5.74) is 2.17. The van der Waals surface area contributed by atoms with Gasteiger partial charge in [0.25, 0.3) is 0 Å². The first kappa shape index (κ1) is 22.3. The minimum Gasteiger partial charge on any atom is -0.497 e. The lowest BCUT2D eigenvalue weighted by atomic mass is 10.0. The van der Waals surface area contributed by atoms with Crippen molar-refractivity contribution in [2.75, 3.05) is 33.3 Å². The average molecular weight is 467 g/mol. The second kappa shape index (κ2) is 10.2. The lowest BCUT2D eigenvalue weighted by molar-refractivity contribution is 0.0771. The highest BCUT2D eigenvalue weighted by Crippen LogP contribution is 2.34. The molecule has 174 valence electrons. The first-order valence-corrected chi connectivity index (χ1v) is 12.2. The van der Waals surface area contributed by atoms with E-state index in [-0.39, 0.29) is 6.04 Å². The molecule has 2 heterocycles. The highest BCUT2D eigenvalue weighted by Gasteiger charge is 2.34. The Labute approximate surface area is 200 Å². The molecule has 0 amide bonds. The molecule has 1 aliphatic heterocycles. The van der Waals surface area contributed by atoms with Crippen LogP contribution in [0.3, 0.4) is 0 Å². The van der Waals surface area contributed by atoms with Gasteiger partial charge in [0.05, 0.1) is 19.7 Å². The molecule has 1 saturated carbocycles. The zero-order valence-corrected chi connectivity index (χ0v) is 19.9. The van der Waals surface area contributed by atoms with Gasteiger partial charge in [0.1, 0.15) is 5.75 Å². The number of rotatable bonds is 7. The summed E-state index contributed by atoms with van der Waals surface area (Å²) in [6.45, 7) is 4.69. The Morgan fingerprint density at radius 1 is 1.00 bits per heavy atom. The zero-order chi connectivity index (χ0) is 22.6. The van der Waals surface area contributed by atoms with E-state index in [2.05, 4.69) is 43.5 Å². The number of hydrogen-bond donors (Lipinski definition) is 0. The largest absolute Gasteiger partial charge is 0.497 e. The van der Waals surface area contributed by atoms with Gasteiger partial charge in [-0.1, -0.05) is 54.8 Å². The normalized spacial score (nSPS) is 19.1. The first-order valence-electron chi connectivity index (χ1n) is 11.8. The lowest BCUT2D eigenvalue weighted by Gasteiger charge is -2.41. The second-order valence-corrected chi connectivity index (χ2v) is 9.38. The van der Waals surface area contributed by atoms with Gasteiger partial charge in [-0.15, -0.1) is 5.10 Å². The van der Waals surface area contributed by atoms with E-state index < -0.39 is 0 Å². The van der Waals surface area contributed by atoms with Crippen LogP contribution in [0.2, 0.25) is 5.02 Å². The van der Waals surface area contributed by atoms with Crippen molar-refractivity contribution in [3.63, 3.8) is 0 Å². The van der Waals surface area contributed by atoms with Crippen molar-refractivity contribution in [1.29, 1.82) is 0 Å². The molecule has 2 fully saturated rings. The summed E-state index contributed by atoms with van der Waals surface area (Å²) >= 11 is 6.70. The monoisotopic (exact) mass is 466 g/mol. The Kier molecular flexibility index (Phi) is 6.90. The molecule has 1 aromatic heterocycles. The molecule has 0 spiro atoms. The van der Waals surface area contributed by atoms with Gasteiger partial charge >= 0.3 is 0 Å². The molecule has 0 N–H and O–H groups in total. The summed E-state index contributed by atoms with van der Waals surface area (Å²) in [4.78, 5) is 5.16. The van der Waals surface area contributed by atoms with Crippen molar-refractivity contribution >= 4 is 11.6 Å². The van der Waals surface area contributed by atoms with Crippen molar-refractivity contribution in [3.8, 4) is 5.75 Å². The standard InChI is InChI=1S/C25H31ClN6O/c1-33-21-12-10-19(11-13-21)18-32-25(27-28-29-32)24(22-8-4-5-9-23(22)26)31-16-14-30(15-17-31)20-6-2-3-7-20/h4-5,8-13,20,24H,2-3,6-7,14-18H2,1H3/t24-/m0/s1. The molecule has 33 heavy (non-hydrogen) atoms. The quantitative estimate of drug-likeness (QED) is 0.524. The molecule has 3 aromatic rings. The number of piperazine rings is 1. The number of benzene rings is 2. The average Bonchev–Trinajstić information content (AvgIpc) is 3.55. The van der Waals surface area contributed by atoms with Crippen LogP contribution < -0.4 is 4.74 Å². The minimum absolute atomic E-state index is 0.0855. The molecule has 1 atom stereocenters. The van der Waals surface area contributed by atoms with Crippen LogP contribution in [0.25, 0.3) is 0 Å². The number of tetrazole rings is 1. The third-order valence-electron chi connectivity index (χ3n) is 7.05. The molecule has 5 rings (SSSR count). The summed E-state index contributed by atoms with van der Waals surface area (Å²) in [7, 11) is 1.68. The molecule has 0 unspecified atom stereocenters. The predicted molar refractivity (Wildman–Crippen MR) is 129 cm³/mol. The summed E-state index contributed by atoms with van der Waals surface area (Å²) in [5, 5.41) is 13.7. The van der Waals surface area contributed by atoms with Crippen molar-refractivity contribution in [2.45, 2.75) is 44.3 Å². The molecule has 7 nitrogen and oxygen atoms in total. The van der Waals surface area contributed by atoms with E-state index in [1.807, 2.05) is 35.0 Å². The van der Waals surface area contributed by atoms with Gasteiger partial charge in [0.2, 0.25) is 0 Å². The van der Waals surface area contributed by atoms with Crippen LogP contribution in [0.5, 0.6) is 5.75 Å². The van der Waals surface area contributed by atoms with Gasteiger partial charge in [0.15, 0.2) is 5.82 Å². The number of hydrogen-bond acceptors (Lipinski definition) is 6. The molecule has 1 aliphatic carbocycles. The fourth-order valence-corrected chi connectivity index (χ4v) is 5.49. The predicted octanol–water partition coefficient (Wildman–Crippen LogP) is 4.03. The lowest BCUT2D eigenvalue weighted by Crippen LogP contribution is -2.51. The van der Waals surface area contributed by atoms with Crippen molar-refractivity contribution in [2.24, 2.45) is 0 Å². The van der Waals surface area contributed by atoms with E-state index in [4.69, 9.17) is 16.3 Å². The smallest absolute Gasteiger partial charge is 0.173 e. The molecular weight excluding hydrogens is 436 g/mol. The second-order valence-electron chi connectivity index (χ2n) is 8.98. The molecular formula is C25H31ClN6O. The third-order valence-corrected chi connectivity index (χ3v) is 7.39. The number of nitrogens with zero attached hydrogens (tertiary/aromatic N) is 6. The van der Waals surface area contributed by atoms with Crippen LogP contribution in [0.1, 0.15) is 48.7 Å². The van der Waals surface area contributed by atoms with E-state index in [1.165, 1.54) is 25.7 Å². The van der Waals surface area contributed by atoms with E-state index in [0.717, 1.165) is 59.9 Å². The van der Waals surface area contributed by atoms with Crippen molar-refractivity contribution in [1.82, 2.24) is 30.0 Å². The summed E-state index contributed by atoms with van der Waals surface area (Å²) < 4.78 is 7.19. The number of halogens is 1. The van der Waals surface area contributed by atoms with Crippen LogP contribution in [-0.2, 0) is 6.54 Å². The number of methoxy groups -OCH3 is 1. The number of ether oxygens (including phenoxy) is 1. The SMILES string of the molecule is COc1ccc(Cn2nnnc2[C@H](c2ccccc2Cl)N2CCN(C3CCCC3)CC2)cc1. The van der Waals surface area contributed by atoms with Gasteiger partial charge in [0, 0.05) is 37.2 Å². The van der Waals surface area contributed by atoms with Crippen LogP contribution in [-0.4, -0.2) is 69.3 Å². The maximum atomic E-state index is 6.70. The van der Waals surface area contributed by atoms with Crippen molar-refractivity contribution in [3.05, 3.63) is 70.5 Å². The summed E-state index contributed by atoms with van der Waals surface area (Å²) in [6, 6.07) is 16.8. The van der Waals surface area contributed by atoms with Gasteiger partial charge < -0.3 is 4.74 Å². The first-order chi connectivity index (χ1) is 16.2. The topological polar surface area (TPSA) is 59.3 Å². The van der Waals surface area contributed by atoms with E-state index in [0.29, 0.717) is 6.54 Å². The molecule has 8 heteroatoms. The number of aromatic nitrogens is 4. The molecule has 2 aromatic carbocycles. The maximum absolute atomic E-state index is 6.70. The fourth-order valence-electron chi connectivity index (χ4n) is 5.25. The van der Waals surface area contributed by atoms with E-state index in [1.54, 1.807) is 7.11 Å². The minimum atomic E-state index is -0.0855. The zero-order valence-electron chi connectivity index (χ0n) is 19.1. The third kappa shape index (κ3) is 4.90. The van der Waals surface area contributed by atoms with Crippen LogP contribution in [0, 0.1) is 0 Å². The molecule has 0 bridgehead atoms. The van der Waals surface area contributed by atoms with Crippen molar-refractivity contribution < 1.29 is 4.74 Å². The van der Waals surface area contributed by atoms with Gasteiger partial charge in [-0.3, -0.25) is 9.80 Å². The van der Waals surface area contributed by atoms with E-state index in [9.17, 15) is 0 Å². The Bertz CT molecular complexity index is 1040. The summed E-state index contributed by atoms with van der Waals surface area (Å²) in [6.07, 6.45) is 5.42. The highest BCUT2D eigenvalue weighted by molar-refractivity contribution is 6.31. The Morgan fingerprint density at radius 3 is 2.42 bits per heavy atom. The van der Waals surface area contributed by atoms with E-state index >= 15 is 0 Å². The van der Waals surface area contributed by atoms with Gasteiger partial charge in [-0.05, 0) is 52.6 Å². The van der Waals surface area contributed by atoms with Crippen LogP contribution >= 0.6 is 11.6 Å². The van der Waals surface area contributed by atoms with Crippen LogP contribution in [0.4, 0.5) is 0 Å². The van der Waals surface area contributed by atoms with Crippen LogP contribution in [0.15, 0.2) is 48.5 Å². The summed E-state index contributed by atoms with van der Waals surface area (Å²) in [5.74, 6) is 1.66. The Balaban J connectivity index is 1.41. The van der Waals surface area contributed by atoms with Gasteiger partial charge in [-0.2, -0.15) is 0 Å². The van der Waals surface area contributed by atoms with Gasteiger partial charge in [-0.25, -0.2) is 4.68 Å². The Morgan fingerprint density at radius 2 is 1.73 bits per heavy atom. The molecule has 1 saturated heterocycles. The molecule has 0 radical (unpaired) electrons. The fraction of sp³-hybridized carbons (Fsp3) is 0.480. The Hall–Kier alpha value is -2.48.